The Kier molecular flexibility index (Phi) is 1.86. The van der Waals surface area contributed by atoms with E-state index in [2.05, 4.69) is 19.2 Å². The van der Waals surface area contributed by atoms with Crippen LogP contribution in [-0.2, 0) is 4.74 Å². The molecule has 1 saturated heterocycles. The second-order valence-electron chi connectivity index (χ2n) is 2.35. The van der Waals surface area contributed by atoms with Gasteiger partial charge in [-0.15, -0.1) is 0 Å². The van der Waals surface area contributed by atoms with E-state index in [0.717, 1.165) is 13.1 Å². The van der Waals surface area contributed by atoms with E-state index in [1.54, 1.807) is 0 Å². The molecular formula is C6H12NO. The van der Waals surface area contributed by atoms with Gasteiger partial charge in [-0.05, 0) is 13.8 Å². The molecule has 0 aromatic heterocycles. The van der Waals surface area contributed by atoms with Crippen molar-refractivity contribution in [1.29, 1.82) is 0 Å². The van der Waals surface area contributed by atoms with Crippen LogP contribution in [0.15, 0.2) is 0 Å². The fourth-order valence-corrected chi connectivity index (χ4v) is 0.921. The van der Waals surface area contributed by atoms with Gasteiger partial charge in [0.25, 0.3) is 0 Å². The van der Waals surface area contributed by atoms with E-state index in [1.165, 1.54) is 0 Å². The van der Waals surface area contributed by atoms with Crippen LogP contribution in [0.5, 0.6) is 0 Å². The third-order valence-electron chi connectivity index (χ3n) is 1.24. The van der Waals surface area contributed by atoms with Gasteiger partial charge in [-0.3, -0.25) is 0 Å². The van der Waals surface area contributed by atoms with Gasteiger partial charge in [0.2, 0.25) is 0 Å². The van der Waals surface area contributed by atoms with E-state index >= 15 is 0 Å². The number of ether oxygens (including phenoxy) is 1. The molecule has 0 aliphatic carbocycles. The molecule has 0 aromatic rings. The Morgan fingerprint density at radius 3 is 2.00 bits per heavy atom. The van der Waals surface area contributed by atoms with Crippen LogP contribution in [0.3, 0.4) is 0 Å². The summed E-state index contributed by atoms with van der Waals surface area (Å²) in [4.78, 5) is 0. The van der Waals surface area contributed by atoms with E-state index in [4.69, 9.17) is 4.74 Å². The lowest BCUT2D eigenvalue weighted by Crippen LogP contribution is -2.37. The lowest BCUT2D eigenvalue weighted by Gasteiger charge is -2.24. The Balaban J connectivity index is 2.23. The molecule has 0 unspecified atom stereocenters. The van der Waals surface area contributed by atoms with Gasteiger partial charge in [0, 0.05) is 13.1 Å². The van der Waals surface area contributed by atoms with Crippen LogP contribution in [0.25, 0.3) is 0 Å². The summed E-state index contributed by atoms with van der Waals surface area (Å²) < 4.78 is 5.39. The predicted molar refractivity (Wildman–Crippen MR) is 31.9 cm³/mol. The average molecular weight is 114 g/mol. The van der Waals surface area contributed by atoms with Crippen molar-refractivity contribution in [2.45, 2.75) is 26.1 Å². The largest absolute Gasteiger partial charge is 0.373 e. The molecule has 1 fully saturated rings. The Morgan fingerprint density at radius 1 is 1.25 bits per heavy atom. The molecule has 0 N–H and O–H groups in total. The molecule has 0 saturated carbocycles. The van der Waals surface area contributed by atoms with Crippen LogP contribution in [0, 0.1) is 0 Å². The molecule has 1 aliphatic heterocycles. The molecule has 1 heterocycles. The number of morpholine rings is 1. The summed E-state index contributed by atoms with van der Waals surface area (Å²) in [6, 6.07) is 0. The minimum absolute atomic E-state index is 0.346. The van der Waals surface area contributed by atoms with Crippen molar-refractivity contribution in [1.82, 2.24) is 5.32 Å². The summed E-state index contributed by atoms with van der Waals surface area (Å²) in [5.74, 6) is 0. The van der Waals surface area contributed by atoms with Crippen molar-refractivity contribution < 1.29 is 4.74 Å². The van der Waals surface area contributed by atoms with Crippen LogP contribution < -0.4 is 5.32 Å². The Hall–Kier alpha value is -0.0800. The van der Waals surface area contributed by atoms with Gasteiger partial charge in [-0.1, -0.05) is 0 Å². The highest BCUT2D eigenvalue weighted by Gasteiger charge is 2.14. The van der Waals surface area contributed by atoms with Crippen molar-refractivity contribution in [2.75, 3.05) is 13.1 Å². The summed E-state index contributed by atoms with van der Waals surface area (Å²) in [6.07, 6.45) is 0.692. The van der Waals surface area contributed by atoms with Crippen molar-refractivity contribution in [3.8, 4) is 0 Å². The fraction of sp³-hybridized carbons (Fsp3) is 1.00. The molecule has 0 aromatic carbocycles. The Labute approximate surface area is 50.2 Å². The molecule has 0 spiro atoms. The highest BCUT2D eigenvalue weighted by atomic mass is 16.5. The van der Waals surface area contributed by atoms with Gasteiger partial charge in [-0.2, -0.15) is 0 Å². The molecule has 1 aliphatic rings. The smallest absolute Gasteiger partial charge is 0.0692 e. The van der Waals surface area contributed by atoms with Crippen LogP contribution >= 0.6 is 0 Å². The molecule has 0 amide bonds. The quantitative estimate of drug-likeness (QED) is 0.447. The van der Waals surface area contributed by atoms with Gasteiger partial charge in [0.1, 0.15) is 0 Å². The molecule has 2 nitrogen and oxygen atoms in total. The zero-order valence-corrected chi connectivity index (χ0v) is 5.42. The summed E-state index contributed by atoms with van der Waals surface area (Å²) in [7, 11) is 0. The highest BCUT2D eigenvalue weighted by molar-refractivity contribution is 4.66. The first-order valence-electron chi connectivity index (χ1n) is 3.08. The normalized spacial score (nSPS) is 39.8. The van der Waals surface area contributed by atoms with Gasteiger partial charge in [0.15, 0.2) is 0 Å². The SMILES string of the molecule is C[C@H]1C[N]C[C@H](C)O1. The first kappa shape index (κ1) is 6.05. The standard InChI is InChI=1S/C6H12NO/c1-5-3-7-4-6(2)8-5/h5-6H,3-4H2,1-2H3/t5-,6-/m0/s1. The Morgan fingerprint density at radius 2 is 1.75 bits per heavy atom. The van der Waals surface area contributed by atoms with E-state index in [1.807, 2.05) is 0 Å². The zero-order valence-electron chi connectivity index (χ0n) is 5.42. The number of hydrogen-bond donors (Lipinski definition) is 0. The van der Waals surface area contributed by atoms with E-state index < -0.39 is 0 Å². The second-order valence-corrected chi connectivity index (χ2v) is 2.35. The monoisotopic (exact) mass is 114 g/mol. The van der Waals surface area contributed by atoms with Crippen molar-refractivity contribution in [3.05, 3.63) is 0 Å². The van der Waals surface area contributed by atoms with Crippen LogP contribution in [-0.4, -0.2) is 25.3 Å². The van der Waals surface area contributed by atoms with Gasteiger partial charge in [0.05, 0.1) is 12.2 Å². The predicted octanol–water partition coefficient (Wildman–Crippen LogP) is 0.398. The van der Waals surface area contributed by atoms with Gasteiger partial charge < -0.3 is 4.74 Å². The molecule has 47 valence electrons. The summed E-state index contributed by atoms with van der Waals surface area (Å²) >= 11 is 0. The van der Waals surface area contributed by atoms with E-state index in [0.29, 0.717) is 12.2 Å². The molecule has 8 heavy (non-hydrogen) atoms. The summed E-state index contributed by atoms with van der Waals surface area (Å²) in [5, 5.41) is 4.21. The Bertz CT molecular complexity index is 66.9. The molecule has 0 bridgehead atoms. The molecule has 2 heteroatoms. The zero-order chi connectivity index (χ0) is 5.98. The van der Waals surface area contributed by atoms with E-state index in [9.17, 15) is 0 Å². The third kappa shape index (κ3) is 1.46. The summed E-state index contributed by atoms with van der Waals surface area (Å²) in [5.41, 5.74) is 0. The maximum absolute atomic E-state index is 5.39. The van der Waals surface area contributed by atoms with Crippen LogP contribution in [0.1, 0.15) is 13.8 Å². The lowest BCUT2D eigenvalue weighted by molar-refractivity contribution is -0.0181. The lowest BCUT2D eigenvalue weighted by atomic mass is 10.3. The third-order valence-corrected chi connectivity index (χ3v) is 1.24. The van der Waals surface area contributed by atoms with E-state index in [-0.39, 0.29) is 0 Å². The first-order chi connectivity index (χ1) is 3.79. The van der Waals surface area contributed by atoms with Gasteiger partial charge >= 0.3 is 0 Å². The first-order valence-corrected chi connectivity index (χ1v) is 3.08. The number of rotatable bonds is 0. The highest BCUT2D eigenvalue weighted by Crippen LogP contribution is 2.01. The summed E-state index contributed by atoms with van der Waals surface area (Å²) in [6.45, 7) is 5.87. The topological polar surface area (TPSA) is 23.3 Å². The van der Waals surface area contributed by atoms with Crippen LogP contribution in [0.4, 0.5) is 0 Å². The van der Waals surface area contributed by atoms with Gasteiger partial charge in [-0.25, -0.2) is 5.32 Å². The van der Waals surface area contributed by atoms with Crippen LogP contribution in [0.2, 0.25) is 0 Å². The maximum Gasteiger partial charge on any atom is 0.0692 e. The van der Waals surface area contributed by atoms with Crippen molar-refractivity contribution in [2.24, 2.45) is 0 Å². The number of nitrogens with zero attached hydrogens (tertiary/aromatic N) is 1. The fourth-order valence-electron chi connectivity index (χ4n) is 0.921. The average Bonchev–Trinajstić information content (AvgIpc) is 1.64. The second kappa shape index (κ2) is 2.46. The minimum Gasteiger partial charge on any atom is -0.373 e. The van der Waals surface area contributed by atoms with Crippen molar-refractivity contribution in [3.63, 3.8) is 0 Å². The molecule has 2 atom stereocenters. The minimum atomic E-state index is 0.346. The van der Waals surface area contributed by atoms with Crippen molar-refractivity contribution >= 4 is 0 Å². The maximum atomic E-state index is 5.39. The molecule has 1 rings (SSSR count). The number of hydrogen-bond acceptors (Lipinski definition) is 1. The molecular weight excluding hydrogens is 102 g/mol. The molecule has 1 radical (unpaired) electrons.